The van der Waals surface area contributed by atoms with E-state index in [0.717, 1.165) is 7.11 Å². The van der Waals surface area contributed by atoms with Crippen molar-refractivity contribution in [2.45, 2.75) is 92.1 Å². The van der Waals surface area contributed by atoms with Crippen molar-refractivity contribution in [2.24, 2.45) is 0 Å². The van der Waals surface area contributed by atoms with Gasteiger partial charge >= 0.3 is 46.2 Å². The summed E-state index contributed by atoms with van der Waals surface area (Å²) in [5, 5.41) is 35.5. The third-order valence-electron chi connectivity index (χ3n) is 13.9. The van der Waals surface area contributed by atoms with Crippen LogP contribution in [0.4, 0.5) is 0 Å². The summed E-state index contributed by atoms with van der Waals surface area (Å²) in [5.41, 5.74) is -0.517. The predicted octanol–water partition coefficient (Wildman–Crippen LogP) is 3.85. The van der Waals surface area contributed by atoms with Crippen LogP contribution in [0.2, 0.25) is 0 Å². The standard InChI is InChI=1S/C61H58O26S/c1-74-39-28-30-40(31-29-39)77-59-50(82-55(67)36-22-12-5-13-23-36)45(43(63)41(32-62)78-59)85-60-51(83-56(68)37-24-14-6-15-25-37)46(44(64)42(79-60)33-76-88(71,72)73)86-61-52(84-57(69)38-26-16-7-17-27-38)48(81-54(66)35-20-10-4-11-21-35)47(49(87-61)58(70)75-2)80-53(65)34-18-8-3-9-19-34/h3-31,41-52,59-64H,32-33H2,1-2H3,(H,71,72,73)/t41-,42-,43+,44+,45+,46+,47+,48+,49+,50-,51-,52-,59-,60+,61-/m1/s1. The first-order valence-corrected chi connectivity index (χ1v) is 28.3. The van der Waals surface area contributed by atoms with E-state index in [1.165, 1.54) is 153 Å². The fraction of sp³-hybridized carbons (Fsp3) is 0.311. The molecule has 0 amide bonds. The molecule has 0 bridgehead atoms. The number of carbonyl (C=O) groups is 6. The highest BCUT2D eigenvalue weighted by Gasteiger charge is 2.60. The summed E-state index contributed by atoms with van der Waals surface area (Å²) in [6.07, 6.45) is -32.1. The number of benzene rings is 6. The van der Waals surface area contributed by atoms with Gasteiger partial charge in [0, 0.05) is 0 Å². The van der Waals surface area contributed by atoms with Crippen LogP contribution in [0, 0.1) is 0 Å². The molecule has 27 heteroatoms. The molecule has 0 aliphatic carbocycles. The molecule has 3 saturated heterocycles. The molecular weight excluding hydrogens is 1180 g/mol. The second-order valence-electron chi connectivity index (χ2n) is 19.6. The quantitative estimate of drug-likeness (QED) is 0.0426. The Morgan fingerprint density at radius 2 is 0.773 bits per heavy atom. The molecule has 6 aromatic carbocycles. The summed E-state index contributed by atoms with van der Waals surface area (Å²) >= 11 is 0. The number of hydrogen-bond acceptors (Lipinski definition) is 25. The lowest BCUT2D eigenvalue weighted by atomic mass is 9.95. The van der Waals surface area contributed by atoms with Crippen LogP contribution in [0.3, 0.4) is 0 Å². The van der Waals surface area contributed by atoms with Gasteiger partial charge in [-0.3, -0.25) is 4.55 Å². The van der Waals surface area contributed by atoms with Crippen LogP contribution in [-0.2, 0) is 71.5 Å². The number of aliphatic hydroxyl groups excluding tert-OH is 3. The molecule has 0 aromatic heterocycles. The fourth-order valence-electron chi connectivity index (χ4n) is 9.53. The molecular formula is C61H58O26S. The Balaban J connectivity index is 1.19. The zero-order valence-electron chi connectivity index (χ0n) is 46.5. The van der Waals surface area contributed by atoms with Gasteiger partial charge in [-0.15, -0.1) is 0 Å². The van der Waals surface area contributed by atoms with Crippen molar-refractivity contribution in [1.82, 2.24) is 0 Å². The first-order valence-electron chi connectivity index (χ1n) is 27.0. The maximum absolute atomic E-state index is 14.5. The summed E-state index contributed by atoms with van der Waals surface area (Å²) in [6, 6.07) is 42.3. The molecule has 3 heterocycles. The monoisotopic (exact) mass is 1240 g/mol. The SMILES string of the molecule is COC(=O)[C@H]1O[C@@H](O[C@H]2[C@@H](O)[C@@H](COS(=O)(=O)O)O[C@@H](O[C@H]3[C@@H](O)[C@@H](CO)O[C@@H](Oc4ccc(OC)cc4)[C@@H]3OC(=O)c3ccccc3)[C@@H]2OC(=O)c2ccccc2)[C@H](OC(=O)c2ccccc2)[C@@H](OC(=O)c2ccccc2)[C@@H]1OC(=O)c1ccccc1. The minimum absolute atomic E-state index is 0.0316. The summed E-state index contributed by atoms with van der Waals surface area (Å²) in [7, 11) is -3.06. The molecule has 0 saturated carbocycles. The van der Waals surface area contributed by atoms with Gasteiger partial charge in [-0.05, 0) is 84.9 Å². The molecule has 3 aliphatic rings. The molecule has 3 fully saturated rings. The molecule has 464 valence electrons. The zero-order chi connectivity index (χ0) is 62.5. The Kier molecular flexibility index (Phi) is 21.3. The number of ether oxygens (including phenoxy) is 13. The number of carbonyl (C=O) groups excluding carboxylic acids is 6. The molecule has 6 aromatic rings. The minimum Gasteiger partial charge on any atom is -0.497 e. The van der Waals surface area contributed by atoms with Crippen molar-refractivity contribution >= 4 is 46.2 Å². The summed E-state index contributed by atoms with van der Waals surface area (Å²) in [6.45, 7) is -2.28. The van der Waals surface area contributed by atoms with Crippen LogP contribution in [0.1, 0.15) is 51.8 Å². The molecule has 0 unspecified atom stereocenters. The topological polar surface area (TPSA) is 347 Å². The Morgan fingerprint density at radius 1 is 0.432 bits per heavy atom. The van der Waals surface area contributed by atoms with Crippen LogP contribution >= 0.6 is 0 Å². The van der Waals surface area contributed by atoms with Crippen molar-refractivity contribution in [3.8, 4) is 11.5 Å². The summed E-state index contributed by atoms with van der Waals surface area (Å²) in [4.78, 5) is 85.6. The first-order chi connectivity index (χ1) is 42.4. The highest BCUT2D eigenvalue weighted by molar-refractivity contribution is 7.80. The van der Waals surface area contributed by atoms with Crippen molar-refractivity contribution in [1.29, 1.82) is 0 Å². The van der Waals surface area contributed by atoms with Crippen LogP contribution in [0.25, 0.3) is 0 Å². The first kappa shape index (κ1) is 63.8. The van der Waals surface area contributed by atoms with E-state index in [-0.39, 0.29) is 33.6 Å². The Bertz CT molecular complexity index is 3420. The maximum Gasteiger partial charge on any atom is 0.397 e. The van der Waals surface area contributed by atoms with Gasteiger partial charge in [0.25, 0.3) is 0 Å². The second-order valence-corrected chi connectivity index (χ2v) is 20.7. The summed E-state index contributed by atoms with van der Waals surface area (Å²) in [5.74, 6) is -6.56. The predicted molar refractivity (Wildman–Crippen MR) is 296 cm³/mol. The number of aliphatic hydroxyl groups is 3. The molecule has 0 spiro atoms. The molecule has 9 rings (SSSR count). The fourth-order valence-corrected chi connectivity index (χ4v) is 9.84. The highest BCUT2D eigenvalue weighted by atomic mass is 32.3. The molecule has 3 aliphatic heterocycles. The largest absolute Gasteiger partial charge is 0.497 e. The van der Waals surface area contributed by atoms with E-state index in [0.29, 0.717) is 5.75 Å². The van der Waals surface area contributed by atoms with Crippen molar-refractivity contribution < 1.29 is 123 Å². The normalized spacial score (nSPS) is 26.9. The lowest BCUT2D eigenvalue weighted by Gasteiger charge is -2.49. The molecule has 0 radical (unpaired) electrons. The lowest BCUT2D eigenvalue weighted by molar-refractivity contribution is -0.373. The minimum atomic E-state index is -5.41. The number of rotatable bonds is 22. The van der Waals surface area contributed by atoms with E-state index >= 15 is 0 Å². The van der Waals surface area contributed by atoms with Crippen molar-refractivity contribution in [3.05, 3.63) is 204 Å². The molecule has 88 heavy (non-hydrogen) atoms. The Morgan fingerprint density at radius 3 is 1.16 bits per heavy atom. The van der Waals surface area contributed by atoms with Gasteiger partial charge < -0.3 is 76.9 Å². The zero-order valence-corrected chi connectivity index (χ0v) is 47.3. The van der Waals surface area contributed by atoms with E-state index in [2.05, 4.69) is 0 Å². The third-order valence-corrected chi connectivity index (χ3v) is 14.3. The smallest absolute Gasteiger partial charge is 0.397 e. The van der Waals surface area contributed by atoms with Crippen LogP contribution in [0.15, 0.2) is 176 Å². The maximum atomic E-state index is 14.5. The third kappa shape index (κ3) is 15.7. The van der Waals surface area contributed by atoms with Crippen LogP contribution in [0.5, 0.6) is 11.5 Å². The lowest BCUT2D eigenvalue weighted by Crippen LogP contribution is -2.69. The Labute approximate surface area is 502 Å². The number of methoxy groups -OCH3 is 2. The molecule has 15 atom stereocenters. The number of esters is 6. The number of hydrogen-bond donors (Lipinski definition) is 4. The Hall–Kier alpha value is -8.71. The molecule has 4 N–H and O–H groups in total. The van der Waals surface area contributed by atoms with Crippen LogP contribution < -0.4 is 9.47 Å². The second kappa shape index (κ2) is 29.3. The van der Waals surface area contributed by atoms with E-state index in [9.17, 15) is 57.1 Å². The average molecular weight is 1240 g/mol. The van der Waals surface area contributed by atoms with Crippen LogP contribution in [-0.4, -0.2) is 184 Å². The van der Waals surface area contributed by atoms with Crippen molar-refractivity contribution in [3.63, 3.8) is 0 Å². The van der Waals surface area contributed by atoms with Gasteiger partial charge in [0.2, 0.25) is 6.29 Å². The van der Waals surface area contributed by atoms with Gasteiger partial charge in [-0.1, -0.05) is 91.0 Å². The van der Waals surface area contributed by atoms with E-state index in [1.807, 2.05) is 0 Å². The van der Waals surface area contributed by atoms with Gasteiger partial charge in [-0.2, -0.15) is 8.42 Å². The van der Waals surface area contributed by atoms with Gasteiger partial charge in [0.15, 0.2) is 49.2 Å². The van der Waals surface area contributed by atoms with Gasteiger partial charge in [0.05, 0.1) is 55.3 Å². The van der Waals surface area contributed by atoms with E-state index in [1.54, 1.807) is 30.3 Å². The average Bonchev–Trinajstić information content (AvgIpc) is 0.956. The van der Waals surface area contributed by atoms with E-state index < -0.39 is 152 Å². The van der Waals surface area contributed by atoms with Gasteiger partial charge in [-0.25, -0.2) is 33.0 Å². The summed E-state index contributed by atoms with van der Waals surface area (Å²) < 4.78 is 118. The van der Waals surface area contributed by atoms with Crippen molar-refractivity contribution in [2.75, 3.05) is 27.4 Å². The highest BCUT2D eigenvalue weighted by Crippen LogP contribution is 2.39. The van der Waals surface area contributed by atoms with E-state index in [4.69, 9.17) is 65.8 Å². The van der Waals surface area contributed by atoms with Gasteiger partial charge in [0.1, 0.15) is 48.1 Å². The molecule has 26 nitrogen and oxygen atoms in total.